The molecule has 4 rings (SSSR count). The third-order valence-corrected chi connectivity index (χ3v) is 5.59. The van der Waals surface area contributed by atoms with Crippen molar-refractivity contribution in [2.45, 2.75) is 18.5 Å². The fraction of sp³-hybridized carbons (Fsp3) is 0.227. The van der Waals surface area contributed by atoms with Gasteiger partial charge in [0, 0.05) is 30.4 Å². The molecule has 32 heavy (non-hydrogen) atoms. The molecule has 0 aliphatic carbocycles. The summed E-state index contributed by atoms with van der Waals surface area (Å²) >= 11 is 5.55. The van der Waals surface area contributed by atoms with Gasteiger partial charge in [-0.05, 0) is 36.5 Å². The molecule has 0 saturated carbocycles. The summed E-state index contributed by atoms with van der Waals surface area (Å²) in [6.07, 6.45) is 1.85. The van der Waals surface area contributed by atoms with Crippen molar-refractivity contribution in [2.75, 3.05) is 13.7 Å². The van der Waals surface area contributed by atoms with Gasteiger partial charge < -0.3 is 19.4 Å². The lowest BCUT2D eigenvalue weighted by Crippen LogP contribution is -2.31. The maximum atomic E-state index is 11.7. The molecule has 2 unspecified atom stereocenters. The van der Waals surface area contributed by atoms with E-state index in [0.717, 1.165) is 5.69 Å². The molecular formula is C22H20N4O5S. The van der Waals surface area contributed by atoms with E-state index in [1.165, 1.54) is 19.2 Å². The van der Waals surface area contributed by atoms with Gasteiger partial charge in [-0.15, -0.1) is 0 Å². The number of carbonyl (C=O) groups excluding carboxylic acids is 1. The standard InChI is InChI=1S/C22H20N4O5S/c1-30-19(27)10-12-25-21(20(24-22(25)32)16-7-2-3-11-23-16)18-9-8-17(31-18)14-5-4-6-15(13-14)26(28)29/h2-9,11,13,20-21H,10,12H2,1H3,(H,24,32). The lowest BCUT2D eigenvalue weighted by atomic mass is 10.0. The van der Waals surface area contributed by atoms with Gasteiger partial charge in [0.05, 0.1) is 30.2 Å². The summed E-state index contributed by atoms with van der Waals surface area (Å²) < 4.78 is 10.9. The first-order chi connectivity index (χ1) is 15.5. The van der Waals surface area contributed by atoms with Crippen LogP contribution in [0.3, 0.4) is 0 Å². The highest BCUT2D eigenvalue weighted by atomic mass is 32.1. The highest BCUT2D eigenvalue weighted by molar-refractivity contribution is 7.80. The minimum Gasteiger partial charge on any atom is -0.469 e. The second-order valence-electron chi connectivity index (χ2n) is 7.16. The van der Waals surface area contributed by atoms with Gasteiger partial charge in [-0.3, -0.25) is 19.9 Å². The van der Waals surface area contributed by atoms with Crippen molar-refractivity contribution < 1.29 is 18.9 Å². The molecule has 3 aromatic rings. The zero-order valence-electron chi connectivity index (χ0n) is 17.1. The van der Waals surface area contributed by atoms with Crippen molar-refractivity contribution >= 4 is 29.0 Å². The van der Waals surface area contributed by atoms with Gasteiger partial charge in [-0.2, -0.15) is 0 Å². The molecule has 1 saturated heterocycles. The second kappa shape index (κ2) is 9.15. The van der Waals surface area contributed by atoms with Crippen LogP contribution in [0.25, 0.3) is 11.3 Å². The first-order valence-electron chi connectivity index (χ1n) is 9.87. The van der Waals surface area contributed by atoms with Crippen LogP contribution in [0.2, 0.25) is 0 Å². The zero-order chi connectivity index (χ0) is 22.7. The fourth-order valence-electron chi connectivity index (χ4n) is 3.71. The van der Waals surface area contributed by atoms with E-state index >= 15 is 0 Å². The second-order valence-corrected chi connectivity index (χ2v) is 7.54. The van der Waals surface area contributed by atoms with E-state index in [0.29, 0.717) is 28.7 Å². The van der Waals surface area contributed by atoms with Crippen LogP contribution >= 0.6 is 12.2 Å². The number of rotatable bonds is 7. The molecule has 2 aromatic heterocycles. The number of thiocarbonyl (C=S) groups is 1. The van der Waals surface area contributed by atoms with E-state index in [9.17, 15) is 14.9 Å². The number of methoxy groups -OCH3 is 1. The van der Waals surface area contributed by atoms with Crippen LogP contribution in [0.15, 0.2) is 65.2 Å². The van der Waals surface area contributed by atoms with Crippen molar-refractivity contribution in [3.63, 3.8) is 0 Å². The Hall–Kier alpha value is -3.79. The predicted molar refractivity (Wildman–Crippen MR) is 120 cm³/mol. The van der Waals surface area contributed by atoms with Gasteiger partial charge >= 0.3 is 5.97 Å². The van der Waals surface area contributed by atoms with Crippen LogP contribution in [-0.4, -0.2) is 39.5 Å². The van der Waals surface area contributed by atoms with Gasteiger partial charge in [-0.1, -0.05) is 18.2 Å². The molecule has 0 amide bonds. The fourth-order valence-corrected chi connectivity index (χ4v) is 4.04. The highest BCUT2D eigenvalue weighted by Gasteiger charge is 2.41. The summed E-state index contributed by atoms with van der Waals surface area (Å²) in [6.45, 7) is 0.333. The Kier molecular flexibility index (Phi) is 6.13. The third-order valence-electron chi connectivity index (χ3n) is 5.24. The van der Waals surface area contributed by atoms with Crippen molar-refractivity contribution in [3.05, 3.63) is 82.4 Å². The molecular weight excluding hydrogens is 432 g/mol. The summed E-state index contributed by atoms with van der Waals surface area (Å²) in [6, 6.07) is 14.8. The molecule has 1 aromatic carbocycles. The quantitative estimate of drug-likeness (QED) is 0.248. The molecule has 1 fully saturated rings. The molecule has 2 atom stereocenters. The Balaban J connectivity index is 1.69. The van der Waals surface area contributed by atoms with E-state index in [1.807, 2.05) is 29.2 Å². The maximum absolute atomic E-state index is 11.7. The van der Waals surface area contributed by atoms with E-state index in [2.05, 4.69) is 10.3 Å². The molecule has 9 nitrogen and oxygen atoms in total. The molecule has 1 aliphatic heterocycles. The minimum atomic E-state index is -0.446. The number of non-ortho nitro benzene ring substituents is 1. The van der Waals surface area contributed by atoms with E-state index in [-0.39, 0.29) is 30.2 Å². The predicted octanol–water partition coefficient (Wildman–Crippen LogP) is 3.79. The number of ether oxygens (including phenoxy) is 1. The molecule has 3 heterocycles. The van der Waals surface area contributed by atoms with Crippen molar-refractivity contribution in [1.29, 1.82) is 0 Å². The Labute approximate surface area is 189 Å². The van der Waals surface area contributed by atoms with Crippen molar-refractivity contribution in [3.8, 4) is 11.3 Å². The first kappa shape index (κ1) is 21.4. The number of pyridine rings is 1. The largest absolute Gasteiger partial charge is 0.469 e. The number of esters is 1. The molecule has 164 valence electrons. The molecule has 0 spiro atoms. The lowest BCUT2D eigenvalue weighted by Gasteiger charge is -2.25. The lowest BCUT2D eigenvalue weighted by molar-refractivity contribution is -0.384. The van der Waals surface area contributed by atoms with Gasteiger partial charge in [0.15, 0.2) is 5.11 Å². The molecule has 0 radical (unpaired) electrons. The van der Waals surface area contributed by atoms with Gasteiger partial charge in [0.1, 0.15) is 17.6 Å². The Morgan fingerprint density at radius 1 is 1.28 bits per heavy atom. The smallest absolute Gasteiger partial charge is 0.307 e. The van der Waals surface area contributed by atoms with Gasteiger partial charge in [0.2, 0.25) is 0 Å². The van der Waals surface area contributed by atoms with Crippen LogP contribution in [0, 0.1) is 10.1 Å². The summed E-state index contributed by atoms with van der Waals surface area (Å²) in [5.74, 6) is 0.748. The van der Waals surface area contributed by atoms with Crippen LogP contribution in [0.1, 0.15) is 30.0 Å². The monoisotopic (exact) mass is 452 g/mol. The van der Waals surface area contributed by atoms with Crippen molar-refractivity contribution in [2.24, 2.45) is 0 Å². The number of carbonyl (C=O) groups is 1. The SMILES string of the molecule is COC(=O)CCN1C(=S)NC(c2ccccn2)C1c1ccc(-c2cccc([N+](=O)[O-])c2)o1. The Bertz CT molecular complexity index is 1150. The Morgan fingerprint density at radius 3 is 2.84 bits per heavy atom. The van der Waals surface area contributed by atoms with Gasteiger partial charge in [-0.25, -0.2) is 0 Å². The van der Waals surface area contributed by atoms with E-state index in [1.54, 1.807) is 24.4 Å². The minimum absolute atomic E-state index is 0.0183. The Morgan fingerprint density at radius 2 is 2.12 bits per heavy atom. The number of nitro groups is 1. The molecule has 10 heteroatoms. The number of benzene rings is 1. The summed E-state index contributed by atoms with van der Waals surface area (Å²) in [4.78, 5) is 28.8. The van der Waals surface area contributed by atoms with Crippen molar-refractivity contribution in [1.82, 2.24) is 15.2 Å². The summed E-state index contributed by atoms with van der Waals surface area (Å²) in [7, 11) is 1.34. The number of hydrogen-bond donors (Lipinski definition) is 1. The maximum Gasteiger partial charge on any atom is 0.307 e. The molecule has 1 aliphatic rings. The number of aromatic nitrogens is 1. The average molecular weight is 452 g/mol. The highest BCUT2D eigenvalue weighted by Crippen LogP contribution is 2.40. The van der Waals surface area contributed by atoms with E-state index < -0.39 is 4.92 Å². The number of nitrogens with one attached hydrogen (secondary N) is 1. The topological polar surface area (TPSA) is 111 Å². The zero-order valence-corrected chi connectivity index (χ0v) is 18.0. The third kappa shape index (κ3) is 4.30. The summed E-state index contributed by atoms with van der Waals surface area (Å²) in [5.41, 5.74) is 1.35. The number of nitro benzene ring substituents is 1. The van der Waals surface area contributed by atoms with Crippen LogP contribution in [0.4, 0.5) is 5.69 Å². The van der Waals surface area contributed by atoms with Crippen LogP contribution in [0.5, 0.6) is 0 Å². The number of hydrogen-bond acceptors (Lipinski definition) is 7. The molecule has 0 bridgehead atoms. The normalized spacial score (nSPS) is 17.8. The molecule has 1 N–H and O–H groups in total. The average Bonchev–Trinajstić information content (AvgIpc) is 3.42. The van der Waals surface area contributed by atoms with Crippen LogP contribution < -0.4 is 5.32 Å². The summed E-state index contributed by atoms with van der Waals surface area (Å²) in [5, 5.41) is 14.9. The van der Waals surface area contributed by atoms with E-state index in [4.69, 9.17) is 21.4 Å². The van der Waals surface area contributed by atoms with Gasteiger partial charge in [0.25, 0.3) is 5.69 Å². The number of furan rings is 1. The number of nitrogens with zero attached hydrogens (tertiary/aromatic N) is 3. The first-order valence-corrected chi connectivity index (χ1v) is 10.3. The van der Waals surface area contributed by atoms with Crippen LogP contribution in [-0.2, 0) is 9.53 Å².